The average Bonchev–Trinajstić information content (AvgIpc) is 3.34. The van der Waals surface area contributed by atoms with Gasteiger partial charge >= 0.3 is 0 Å². The summed E-state index contributed by atoms with van der Waals surface area (Å²) in [6.07, 6.45) is 9.45. The number of ether oxygens (including phenoxy) is 1. The molecule has 0 spiro atoms. The van der Waals surface area contributed by atoms with Gasteiger partial charge in [0.2, 0.25) is 0 Å². The molecule has 0 saturated heterocycles. The van der Waals surface area contributed by atoms with E-state index in [-0.39, 0.29) is 6.10 Å². The predicted octanol–water partition coefficient (Wildman–Crippen LogP) is 6.57. The van der Waals surface area contributed by atoms with Crippen molar-refractivity contribution in [2.24, 2.45) is 0 Å². The summed E-state index contributed by atoms with van der Waals surface area (Å²) in [5.74, 6) is 1.41. The van der Waals surface area contributed by atoms with Gasteiger partial charge in [0.1, 0.15) is 17.5 Å². The minimum absolute atomic E-state index is 0.0522. The van der Waals surface area contributed by atoms with Crippen LogP contribution in [-0.4, -0.2) is 24.9 Å². The summed E-state index contributed by atoms with van der Waals surface area (Å²) in [5.41, 5.74) is 12.7. The zero-order chi connectivity index (χ0) is 26.5. The summed E-state index contributed by atoms with van der Waals surface area (Å²) in [7, 11) is 0. The first-order valence-electron chi connectivity index (χ1n) is 12.6. The zero-order valence-electron chi connectivity index (χ0n) is 21.8. The van der Waals surface area contributed by atoms with Gasteiger partial charge < -0.3 is 10.5 Å². The first-order chi connectivity index (χ1) is 18.5. The van der Waals surface area contributed by atoms with Gasteiger partial charge in [-0.3, -0.25) is 4.98 Å². The first kappa shape index (κ1) is 25.5. The fraction of sp³-hybridized carbons (Fsp3) is 0.233. The monoisotopic (exact) mass is 522 g/mol. The molecule has 0 aliphatic carbocycles. The van der Waals surface area contributed by atoms with Crippen LogP contribution in [0.3, 0.4) is 0 Å². The van der Waals surface area contributed by atoms with E-state index in [9.17, 15) is 0 Å². The highest BCUT2D eigenvalue weighted by Crippen LogP contribution is 2.33. The summed E-state index contributed by atoms with van der Waals surface area (Å²) in [6, 6.07) is 16.5. The van der Waals surface area contributed by atoms with Gasteiger partial charge in [0.15, 0.2) is 11.0 Å². The molecule has 0 fully saturated rings. The topological polar surface area (TPSA) is 99.7 Å². The van der Waals surface area contributed by atoms with Crippen molar-refractivity contribution >= 4 is 16.5 Å². The fourth-order valence-corrected chi connectivity index (χ4v) is 5.28. The maximum absolute atomic E-state index is 6.30. The standard InChI is InChI=1S/C30H30N6OS/c1-19-14-24(37-21(3)22-8-5-4-6-9-22)15-20(2)28(19)26-16-23(10-7-11-25-17-34-30(31)38-25)35-29(36-26)27-18-32-12-13-33-27/h4-6,8-9,12-18,21H,7,10-11H2,1-3H3,(H2,31,34). The Kier molecular flexibility index (Phi) is 7.70. The summed E-state index contributed by atoms with van der Waals surface area (Å²) < 4.78 is 6.30. The van der Waals surface area contributed by atoms with Crippen LogP contribution in [0.4, 0.5) is 5.13 Å². The number of hydrogen-bond donors (Lipinski definition) is 1. The van der Waals surface area contributed by atoms with Gasteiger partial charge in [-0.25, -0.2) is 19.9 Å². The van der Waals surface area contributed by atoms with Crippen LogP contribution in [0, 0.1) is 13.8 Å². The summed E-state index contributed by atoms with van der Waals surface area (Å²) >= 11 is 1.53. The fourth-order valence-electron chi connectivity index (χ4n) is 4.56. The molecule has 5 aromatic rings. The molecule has 2 aromatic carbocycles. The molecular weight excluding hydrogens is 492 g/mol. The molecule has 0 amide bonds. The quantitative estimate of drug-likeness (QED) is 0.234. The van der Waals surface area contributed by atoms with E-state index in [0.717, 1.165) is 58.7 Å². The Bertz CT molecular complexity index is 1500. The molecule has 1 unspecified atom stereocenters. The highest BCUT2D eigenvalue weighted by molar-refractivity contribution is 7.15. The second-order valence-corrected chi connectivity index (χ2v) is 10.4. The van der Waals surface area contributed by atoms with Crippen LogP contribution in [0.15, 0.2) is 73.3 Å². The van der Waals surface area contributed by atoms with Crippen LogP contribution in [0.25, 0.3) is 22.8 Å². The lowest BCUT2D eigenvalue weighted by Crippen LogP contribution is -2.05. The number of rotatable bonds is 9. The van der Waals surface area contributed by atoms with Crippen LogP contribution >= 0.6 is 11.3 Å². The number of thiazole rings is 1. The second-order valence-electron chi connectivity index (χ2n) is 9.28. The van der Waals surface area contributed by atoms with Crippen molar-refractivity contribution in [3.63, 3.8) is 0 Å². The summed E-state index contributed by atoms with van der Waals surface area (Å²) in [5, 5.41) is 0.603. The third-order valence-electron chi connectivity index (χ3n) is 6.34. The van der Waals surface area contributed by atoms with Crippen molar-refractivity contribution in [3.8, 4) is 28.5 Å². The Balaban J connectivity index is 1.44. The Morgan fingerprint density at radius 1 is 0.895 bits per heavy atom. The third-order valence-corrected chi connectivity index (χ3v) is 7.23. The predicted molar refractivity (Wildman–Crippen MR) is 152 cm³/mol. The Labute approximate surface area is 226 Å². The van der Waals surface area contributed by atoms with E-state index >= 15 is 0 Å². The van der Waals surface area contributed by atoms with E-state index in [1.807, 2.05) is 24.4 Å². The van der Waals surface area contributed by atoms with E-state index in [4.69, 9.17) is 20.4 Å². The van der Waals surface area contributed by atoms with Crippen LogP contribution in [0.1, 0.15) is 46.7 Å². The number of nitrogen functional groups attached to an aromatic ring is 1. The number of nitrogens with two attached hydrogens (primary N) is 1. The van der Waals surface area contributed by atoms with Gasteiger partial charge in [0.25, 0.3) is 0 Å². The van der Waals surface area contributed by atoms with Crippen LogP contribution in [0.5, 0.6) is 5.75 Å². The summed E-state index contributed by atoms with van der Waals surface area (Å²) in [6.45, 7) is 6.26. The largest absolute Gasteiger partial charge is 0.486 e. The lowest BCUT2D eigenvalue weighted by atomic mass is 9.98. The number of hydrogen-bond acceptors (Lipinski definition) is 8. The van der Waals surface area contributed by atoms with Crippen LogP contribution < -0.4 is 10.5 Å². The molecule has 5 rings (SSSR count). The minimum Gasteiger partial charge on any atom is -0.486 e. The van der Waals surface area contributed by atoms with Crippen molar-refractivity contribution in [1.29, 1.82) is 0 Å². The highest BCUT2D eigenvalue weighted by atomic mass is 32.1. The molecule has 2 N–H and O–H groups in total. The van der Waals surface area contributed by atoms with Gasteiger partial charge in [-0.15, -0.1) is 11.3 Å². The third kappa shape index (κ3) is 6.03. The van der Waals surface area contributed by atoms with E-state index in [1.54, 1.807) is 18.6 Å². The van der Waals surface area contributed by atoms with E-state index in [1.165, 1.54) is 16.2 Å². The zero-order valence-corrected chi connectivity index (χ0v) is 22.6. The van der Waals surface area contributed by atoms with Gasteiger partial charge in [-0.1, -0.05) is 30.3 Å². The number of aromatic nitrogens is 5. The summed E-state index contributed by atoms with van der Waals surface area (Å²) in [4.78, 5) is 23.8. The van der Waals surface area contributed by atoms with Crippen molar-refractivity contribution < 1.29 is 4.74 Å². The molecule has 0 radical (unpaired) electrons. The number of anilines is 1. The second kappa shape index (κ2) is 11.5. The Morgan fingerprint density at radius 3 is 2.37 bits per heavy atom. The van der Waals surface area contributed by atoms with Crippen LogP contribution in [-0.2, 0) is 12.8 Å². The van der Waals surface area contributed by atoms with Gasteiger partial charge in [0.05, 0.1) is 11.9 Å². The van der Waals surface area contributed by atoms with Gasteiger partial charge in [0, 0.05) is 34.7 Å². The van der Waals surface area contributed by atoms with Gasteiger partial charge in [-0.2, -0.15) is 0 Å². The van der Waals surface area contributed by atoms with Gasteiger partial charge in [-0.05, 0) is 74.9 Å². The normalized spacial score (nSPS) is 11.9. The molecule has 1 atom stereocenters. The number of nitrogens with zero attached hydrogens (tertiary/aromatic N) is 5. The molecule has 8 heteroatoms. The molecule has 0 bridgehead atoms. The number of benzene rings is 2. The molecule has 3 aromatic heterocycles. The lowest BCUT2D eigenvalue weighted by molar-refractivity contribution is 0.226. The van der Waals surface area contributed by atoms with E-state index in [0.29, 0.717) is 16.6 Å². The molecule has 0 aliphatic heterocycles. The van der Waals surface area contributed by atoms with Crippen molar-refractivity contribution in [2.75, 3.05) is 5.73 Å². The smallest absolute Gasteiger partial charge is 0.180 e. The molecule has 192 valence electrons. The maximum atomic E-state index is 6.30. The molecule has 0 saturated carbocycles. The Morgan fingerprint density at radius 2 is 1.68 bits per heavy atom. The van der Waals surface area contributed by atoms with Crippen molar-refractivity contribution in [2.45, 2.75) is 46.1 Å². The van der Waals surface area contributed by atoms with Crippen molar-refractivity contribution in [1.82, 2.24) is 24.9 Å². The van der Waals surface area contributed by atoms with Crippen LogP contribution in [0.2, 0.25) is 0 Å². The first-order valence-corrected chi connectivity index (χ1v) is 13.5. The number of aryl methyl sites for hydroxylation is 4. The molecule has 7 nitrogen and oxygen atoms in total. The minimum atomic E-state index is -0.0522. The molecular formula is C30H30N6OS. The van der Waals surface area contributed by atoms with E-state index in [2.05, 4.69) is 66.1 Å². The molecule has 0 aliphatic rings. The maximum Gasteiger partial charge on any atom is 0.180 e. The highest BCUT2D eigenvalue weighted by Gasteiger charge is 2.16. The lowest BCUT2D eigenvalue weighted by Gasteiger charge is -2.18. The van der Waals surface area contributed by atoms with Crippen molar-refractivity contribution in [3.05, 3.63) is 101 Å². The SMILES string of the molecule is Cc1cc(OC(C)c2ccccc2)cc(C)c1-c1cc(CCCc2cnc(N)s2)nc(-c2cnccn2)n1. The Hall–Kier alpha value is -4.17. The molecule has 3 heterocycles. The molecule has 38 heavy (non-hydrogen) atoms. The van der Waals surface area contributed by atoms with E-state index < -0.39 is 0 Å². The average molecular weight is 523 g/mol.